The van der Waals surface area contributed by atoms with E-state index in [9.17, 15) is 8.42 Å². The highest BCUT2D eigenvalue weighted by Crippen LogP contribution is 2.18. The second kappa shape index (κ2) is 6.08. The summed E-state index contributed by atoms with van der Waals surface area (Å²) in [4.78, 5) is 4.17. The third kappa shape index (κ3) is 4.83. The van der Waals surface area contributed by atoms with Crippen molar-refractivity contribution in [1.29, 1.82) is 0 Å². The molecule has 1 unspecified atom stereocenters. The Balaban J connectivity index is 2.37. The number of guanidine groups is 1. The van der Waals surface area contributed by atoms with E-state index in [4.69, 9.17) is 5.73 Å². The first-order chi connectivity index (χ1) is 7.53. The van der Waals surface area contributed by atoms with Gasteiger partial charge in [-0.25, -0.2) is 8.42 Å². The van der Waals surface area contributed by atoms with E-state index < -0.39 is 9.84 Å². The minimum absolute atomic E-state index is 0.140. The summed E-state index contributed by atoms with van der Waals surface area (Å²) in [7, 11) is -2.83. The minimum atomic E-state index is -2.83. The SMILES string of the molecule is CCCNC(N)=NCC1CCCS(=O)(=O)C1. The zero-order valence-corrected chi connectivity index (χ0v) is 10.6. The van der Waals surface area contributed by atoms with Crippen LogP contribution < -0.4 is 11.1 Å². The predicted octanol–water partition coefficient (Wildman–Crippen LogP) is 0.126. The monoisotopic (exact) mass is 247 g/mol. The maximum Gasteiger partial charge on any atom is 0.188 e. The quantitative estimate of drug-likeness (QED) is 0.546. The molecule has 1 fully saturated rings. The second-order valence-electron chi connectivity index (χ2n) is 4.28. The van der Waals surface area contributed by atoms with Crippen LogP contribution >= 0.6 is 0 Å². The van der Waals surface area contributed by atoms with Gasteiger partial charge in [0.2, 0.25) is 0 Å². The third-order valence-electron chi connectivity index (χ3n) is 2.63. The number of hydrogen-bond acceptors (Lipinski definition) is 3. The lowest BCUT2D eigenvalue weighted by molar-refractivity contribution is 0.493. The molecule has 6 heteroatoms. The summed E-state index contributed by atoms with van der Waals surface area (Å²) in [5, 5.41) is 2.97. The van der Waals surface area contributed by atoms with Crippen molar-refractivity contribution in [3.05, 3.63) is 0 Å². The molecule has 0 aromatic carbocycles. The van der Waals surface area contributed by atoms with Crippen molar-refractivity contribution in [2.45, 2.75) is 26.2 Å². The smallest absolute Gasteiger partial charge is 0.188 e. The summed E-state index contributed by atoms with van der Waals surface area (Å²) in [6, 6.07) is 0. The van der Waals surface area contributed by atoms with Crippen molar-refractivity contribution in [3.63, 3.8) is 0 Å². The van der Waals surface area contributed by atoms with Crippen molar-refractivity contribution < 1.29 is 8.42 Å². The van der Waals surface area contributed by atoms with Gasteiger partial charge in [-0.1, -0.05) is 6.92 Å². The molecule has 5 nitrogen and oxygen atoms in total. The molecular weight excluding hydrogens is 226 g/mol. The molecule has 1 saturated heterocycles. The molecule has 1 rings (SSSR count). The van der Waals surface area contributed by atoms with E-state index in [1.165, 1.54) is 0 Å². The Morgan fingerprint density at radius 3 is 2.94 bits per heavy atom. The first-order valence-electron chi connectivity index (χ1n) is 5.77. The Bertz CT molecular complexity index is 338. The fourth-order valence-corrected chi connectivity index (χ4v) is 3.56. The fourth-order valence-electron chi connectivity index (χ4n) is 1.80. The number of aliphatic imine (C=N–C) groups is 1. The van der Waals surface area contributed by atoms with Gasteiger partial charge in [-0.2, -0.15) is 0 Å². The van der Waals surface area contributed by atoms with Crippen LogP contribution in [0.5, 0.6) is 0 Å². The maximum absolute atomic E-state index is 11.4. The first-order valence-corrected chi connectivity index (χ1v) is 7.60. The van der Waals surface area contributed by atoms with Crippen LogP contribution in [0.1, 0.15) is 26.2 Å². The first kappa shape index (κ1) is 13.3. The van der Waals surface area contributed by atoms with Crippen LogP contribution in [0.25, 0.3) is 0 Å². The Hall–Kier alpha value is -0.780. The van der Waals surface area contributed by atoms with E-state index in [0.29, 0.717) is 18.3 Å². The molecule has 16 heavy (non-hydrogen) atoms. The third-order valence-corrected chi connectivity index (χ3v) is 4.52. The fraction of sp³-hybridized carbons (Fsp3) is 0.900. The van der Waals surface area contributed by atoms with Crippen molar-refractivity contribution in [1.82, 2.24) is 5.32 Å². The van der Waals surface area contributed by atoms with Gasteiger partial charge in [0.1, 0.15) is 0 Å². The Morgan fingerprint density at radius 1 is 1.56 bits per heavy atom. The Labute approximate surface area is 97.4 Å². The molecule has 0 amide bonds. The van der Waals surface area contributed by atoms with Crippen LogP contribution in [0, 0.1) is 5.92 Å². The highest BCUT2D eigenvalue weighted by molar-refractivity contribution is 7.91. The summed E-state index contributed by atoms with van der Waals surface area (Å²) >= 11 is 0. The summed E-state index contributed by atoms with van der Waals surface area (Å²) in [6.45, 7) is 3.37. The Morgan fingerprint density at radius 2 is 2.31 bits per heavy atom. The lowest BCUT2D eigenvalue weighted by Gasteiger charge is -2.20. The highest BCUT2D eigenvalue weighted by atomic mass is 32.2. The molecule has 0 saturated carbocycles. The molecule has 1 aliphatic heterocycles. The number of nitrogens with one attached hydrogen (secondary N) is 1. The van der Waals surface area contributed by atoms with Crippen LogP contribution in [0.15, 0.2) is 4.99 Å². The number of sulfone groups is 1. The number of hydrogen-bond donors (Lipinski definition) is 2. The Kier molecular flexibility index (Phi) is 5.05. The summed E-state index contributed by atoms with van der Waals surface area (Å²) in [5.41, 5.74) is 5.63. The standard InChI is InChI=1S/C10H21N3O2S/c1-2-5-12-10(11)13-7-9-4-3-6-16(14,15)8-9/h9H,2-8H2,1H3,(H3,11,12,13). The molecule has 1 aliphatic rings. The zero-order valence-electron chi connectivity index (χ0n) is 9.78. The topological polar surface area (TPSA) is 84.5 Å². The van der Waals surface area contributed by atoms with Gasteiger partial charge >= 0.3 is 0 Å². The molecular formula is C10H21N3O2S. The maximum atomic E-state index is 11.4. The predicted molar refractivity (Wildman–Crippen MR) is 66.2 cm³/mol. The number of rotatable bonds is 4. The molecule has 0 aromatic rings. The lowest BCUT2D eigenvalue weighted by atomic mass is 10.1. The van der Waals surface area contributed by atoms with Gasteiger partial charge < -0.3 is 11.1 Å². The van der Waals surface area contributed by atoms with Gasteiger partial charge in [0.05, 0.1) is 11.5 Å². The molecule has 1 heterocycles. The van der Waals surface area contributed by atoms with Gasteiger partial charge in [0.25, 0.3) is 0 Å². The van der Waals surface area contributed by atoms with Crippen LogP contribution in [-0.2, 0) is 9.84 Å². The molecule has 0 aromatic heterocycles. The van der Waals surface area contributed by atoms with E-state index in [1.54, 1.807) is 0 Å². The van der Waals surface area contributed by atoms with E-state index in [1.807, 2.05) is 6.92 Å². The van der Waals surface area contributed by atoms with Gasteiger partial charge in [-0.3, -0.25) is 4.99 Å². The minimum Gasteiger partial charge on any atom is -0.370 e. The molecule has 1 atom stereocenters. The van der Waals surface area contributed by atoms with Gasteiger partial charge in [-0.05, 0) is 25.2 Å². The van der Waals surface area contributed by atoms with Crippen LogP contribution in [0.3, 0.4) is 0 Å². The van der Waals surface area contributed by atoms with Crippen molar-refractivity contribution in [3.8, 4) is 0 Å². The van der Waals surface area contributed by atoms with Crippen LogP contribution in [-0.4, -0.2) is 39.0 Å². The van der Waals surface area contributed by atoms with E-state index in [0.717, 1.165) is 25.8 Å². The molecule has 94 valence electrons. The van der Waals surface area contributed by atoms with Crippen LogP contribution in [0.4, 0.5) is 0 Å². The normalized spacial score (nSPS) is 25.3. The highest BCUT2D eigenvalue weighted by Gasteiger charge is 2.24. The molecule has 0 radical (unpaired) electrons. The number of nitrogens with zero attached hydrogens (tertiary/aromatic N) is 1. The summed E-state index contributed by atoms with van der Waals surface area (Å²) < 4.78 is 22.8. The molecule has 3 N–H and O–H groups in total. The second-order valence-corrected chi connectivity index (χ2v) is 6.50. The van der Waals surface area contributed by atoms with Gasteiger partial charge in [-0.15, -0.1) is 0 Å². The largest absolute Gasteiger partial charge is 0.370 e. The molecule has 0 spiro atoms. The van der Waals surface area contributed by atoms with Crippen LogP contribution in [0.2, 0.25) is 0 Å². The molecule has 0 bridgehead atoms. The van der Waals surface area contributed by atoms with Crippen molar-refractivity contribution >= 4 is 15.8 Å². The average Bonchev–Trinajstić information content (AvgIpc) is 2.22. The zero-order chi connectivity index (χ0) is 12.0. The summed E-state index contributed by atoms with van der Waals surface area (Å²) in [5.74, 6) is 1.15. The van der Waals surface area contributed by atoms with E-state index in [2.05, 4.69) is 10.3 Å². The summed E-state index contributed by atoms with van der Waals surface area (Å²) in [6.07, 6.45) is 2.68. The van der Waals surface area contributed by atoms with Gasteiger partial charge in [0, 0.05) is 13.1 Å². The van der Waals surface area contributed by atoms with Crippen molar-refractivity contribution in [2.75, 3.05) is 24.6 Å². The lowest BCUT2D eigenvalue weighted by Crippen LogP contribution is -2.34. The van der Waals surface area contributed by atoms with Gasteiger partial charge in [0.15, 0.2) is 15.8 Å². The van der Waals surface area contributed by atoms with E-state index >= 15 is 0 Å². The number of nitrogens with two attached hydrogens (primary N) is 1. The average molecular weight is 247 g/mol. The van der Waals surface area contributed by atoms with Crippen molar-refractivity contribution in [2.24, 2.45) is 16.6 Å². The molecule has 0 aliphatic carbocycles. The van der Waals surface area contributed by atoms with E-state index in [-0.39, 0.29) is 11.7 Å².